The molecule has 5 nitrogen and oxygen atoms in total. The van der Waals surface area contributed by atoms with E-state index in [2.05, 4.69) is 170 Å². The Morgan fingerprint density at radius 2 is 0.855 bits per heavy atom. The third-order valence-corrected chi connectivity index (χ3v) is 12.3. The minimum Gasteiger partial charge on any atom is -0.456 e. The van der Waals surface area contributed by atoms with Gasteiger partial charge >= 0.3 is 0 Å². The van der Waals surface area contributed by atoms with Crippen molar-refractivity contribution in [3.05, 3.63) is 200 Å². The van der Waals surface area contributed by atoms with Crippen LogP contribution in [0.5, 0.6) is 0 Å². The number of furan rings is 2. The van der Waals surface area contributed by atoms with Crippen LogP contribution in [0, 0.1) is 0 Å². The maximum Gasteiger partial charge on any atom is 0.167 e. The van der Waals surface area contributed by atoms with Crippen LogP contribution in [0.25, 0.3) is 133 Å². The van der Waals surface area contributed by atoms with E-state index >= 15 is 0 Å². The molecule has 288 valence electrons. The highest BCUT2D eigenvalue weighted by molar-refractivity contribution is 6.18. The molecule has 0 bridgehead atoms. The maximum atomic E-state index is 6.65. The summed E-state index contributed by atoms with van der Waals surface area (Å²) in [5.41, 5.74) is 10.4. The zero-order valence-corrected chi connectivity index (χ0v) is 33.2. The van der Waals surface area contributed by atoms with E-state index < -0.39 is 0 Å². The van der Waals surface area contributed by atoms with E-state index in [0.29, 0.717) is 17.5 Å². The lowest BCUT2D eigenvalue weighted by Gasteiger charge is -2.15. The van der Waals surface area contributed by atoms with Crippen molar-refractivity contribution < 1.29 is 8.83 Å². The molecule has 0 N–H and O–H groups in total. The Bertz CT molecular complexity index is 3950. The summed E-state index contributed by atoms with van der Waals surface area (Å²) in [5.74, 6) is 1.72. The largest absolute Gasteiger partial charge is 0.456 e. The van der Waals surface area contributed by atoms with Crippen LogP contribution >= 0.6 is 0 Å². The van der Waals surface area contributed by atoms with E-state index in [1.165, 1.54) is 10.8 Å². The summed E-state index contributed by atoms with van der Waals surface area (Å²) in [4.78, 5) is 15.8. The summed E-state index contributed by atoms with van der Waals surface area (Å²) in [5, 5.41) is 11.0. The topological polar surface area (TPSA) is 65.0 Å². The van der Waals surface area contributed by atoms with Gasteiger partial charge in [-0.3, -0.25) is 0 Å². The number of rotatable bonds is 5. The third kappa shape index (κ3) is 5.38. The number of fused-ring (bicyclic) bond motifs is 9. The lowest BCUT2D eigenvalue weighted by atomic mass is 9.89. The lowest BCUT2D eigenvalue weighted by molar-refractivity contribution is 0.669. The first-order valence-corrected chi connectivity index (χ1v) is 20.8. The van der Waals surface area contributed by atoms with Crippen molar-refractivity contribution in [2.45, 2.75) is 0 Å². The van der Waals surface area contributed by atoms with Crippen molar-refractivity contribution in [2.75, 3.05) is 0 Å². The van der Waals surface area contributed by atoms with E-state index in [1.54, 1.807) is 0 Å². The molecule has 0 saturated carbocycles. The minimum atomic E-state index is 0.547. The van der Waals surface area contributed by atoms with Gasteiger partial charge in [0.1, 0.15) is 22.3 Å². The molecule has 13 rings (SSSR count). The summed E-state index contributed by atoms with van der Waals surface area (Å²) in [6.45, 7) is 0. The molecule has 10 aromatic carbocycles. The van der Waals surface area contributed by atoms with Crippen molar-refractivity contribution in [1.29, 1.82) is 0 Å². The Hall–Kier alpha value is -8.41. The normalized spacial score (nSPS) is 11.9. The van der Waals surface area contributed by atoms with Gasteiger partial charge in [-0.25, -0.2) is 15.0 Å². The second kappa shape index (κ2) is 13.6. The van der Waals surface area contributed by atoms with E-state index in [1.807, 2.05) is 30.3 Å². The number of nitrogens with zero attached hydrogens (tertiary/aromatic N) is 3. The van der Waals surface area contributed by atoms with Gasteiger partial charge < -0.3 is 8.83 Å². The van der Waals surface area contributed by atoms with E-state index in [9.17, 15) is 0 Å². The quantitative estimate of drug-likeness (QED) is 0.174. The molecule has 0 spiro atoms. The second-order valence-electron chi connectivity index (χ2n) is 15.9. The number of benzene rings is 10. The van der Waals surface area contributed by atoms with E-state index in [0.717, 1.165) is 104 Å². The van der Waals surface area contributed by atoms with Crippen LogP contribution in [-0.4, -0.2) is 15.0 Å². The summed E-state index contributed by atoms with van der Waals surface area (Å²) >= 11 is 0. The predicted octanol–water partition coefficient (Wildman–Crippen LogP) is 15.5. The van der Waals surface area contributed by atoms with Crippen LogP contribution in [0.3, 0.4) is 0 Å². The Morgan fingerprint density at radius 3 is 1.69 bits per heavy atom. The van der Waals surface area contributed by atoms with Crippen LogP contribution in [0.4, 0.5) is 0 Å². The van der Waals surface area contributed by atoms with E-state index in [4.69, 9.17) is 23.8 Å². The average Bonchev–Trinajstić information content (AvgIpc) is 3.92. The van der Waals surface area contributed by atoms with Crippen LogP contribution in [0.2, 0.25) is 0 Å². The molecule has 3 aromatic heterocycles. The molecule has 0 aliphatic carbocycles. The second-order valence-corrected chi connectivity index (χ2v) is 15.9. The summed E-state index contributed by atoms with van der Waals surface area (Å²) in [6.07, 6.45) is 0. The fourth-order valence-electron chi connectivity index (χ4n) is 9.43. The van der Waals surface area contributed by atoms with Crippen LogP contribution < -0.4 is 0 Å². The highest BCUT2D eigenvalue weighted by Crippen LogP contribution is 2.45. The molecule has 5 heteroatoms. The monoisotopic (exact) mass is 791 g/mol. The standard InChI is InChI=1S/C57H33N3O2/c1-2-15-36-31-37(28-27-34(36)13-1)55-58-56(60-57(59-55)48-24-12-23-45-44-20-7-9-25-50(44)62-54(45)48)46-30-29-43(41-18-5-6-19-42(41)46)49-32-38(40-22-11-16-35-14-3-4-17-39(35)40)33-52-53(49)47-21-8-10-26-51(47)61-52/h1-33H. The molecular weight excluding hydrogens is 759 g/mol. The van der Waals surface area contributed by atoms with Gasteiger partial charge in [0.15, 0.2) is 17.5 Å². The first-order valence-electron chi connectivity index (χ1n) is 20.8. The van der Waals surface area contributed by atoms with Gasteiger partial charge in [-0.2, -0.15) is 0 Å². The molecule has 0 fully saturated rings. The van der Waals surface area contributed by atoms with E-state index in [-0.39, 0.29) is 0 Å². The Kier molecular flexibility index (Phi) is 7.54. The van der Waals surface area contributed by atoms with Crippen LogP contribution in [-0.2, 0) is 0 Å². The van der Waals surface area contributed by atoms with Gasteiger partial charge in [0.2, 0.25) is 0 Å². The molecule has 0 aliphatic rings. The zero-order chi connectivity index (χ0) is 40.7. The average molecular weight is 792 g/mol. The summed E-state index contributed by atoms with van der Waals surface area (Å²) in [6, 6.07) is 69.9. The Balaban J connectivity index is 1.06. The molecular formula is C57H33N3O2. The van der Waals surface area contributed by atoms with Crippen molar-refractivity contribution >= 4 is 76.2 Å². The molecule has 0 aliphatic heterocycles. The van der Waals surface area contributed by atoms with Crippen molar-refractivity contribution in [3.8, 4) is 56.4 Å². The first kappa shape index (κ1) is 34.5. The lowest BCUT2D eigenvalue weighted by Crippen LogP contribution is -2.01. The highest BCUT2D eigenvalue weighted by Gasteiger charge is 2.22. The maximum absolute atomic E-state index is 6.65. The minimum absolute atomic E-state index is 0.547. The van der Waals surface area contributed by atoms with Gasteiger partial charge in [0.25, 0.3) is 0 Å². The third-order valence-electron chi connectivity index (χ3n) is 12.3. The van der Waals surface area contributed by atoms with Crippen molar-refractivity contribution in [1.82, 2.24) is 15.0 Å². The molecule has 3 heterocycles. The Morgan fingerprint density at radius 1 is 0.274 bits per heavy atom. The van der Waals surface area contributed by atoms with Gasteiger partial charge in [-0.15, -0.1) is 0 Å². The van der Waals surface area contributed by atoms with Gasteiger partial charge in [-0.1, -0.05) is 158 Å². The fraction of sp³-hybridized carbons (Fsp3) is 0. The molecule has 0 radical (unpaired) electrons. The van der Waals surface area contributed by atoms with Crippen molar-refractivity contribution in [3.63, 3.8) is 0 Å². The van der Waals surface area contributed by atoms with Crippen LogP contribution in [0.1, 0.15) is 0 Å². The SMILES string of the molecule is c1ccc2cc(-c3nc(-c4ccc(-c5cc(-c6cccc7ccccc67)cc6oc7ccccc7c56)c5ccccc45)nc(-c4cccc5c4oc4ccccc45)n3)ccc2c1. The summed E-state index contributed by atoms with van der Waals surface area (Å²) in [7, 11) is 0. The molecule has 0 amide bonds. The first-order chi connectivity index (χ1) is 30.7. The molecule has 0 unspecified atom stereocenters. The van der Waals surface area contributed by atoms with Crippen LogP contribution in [0.15, 0.2) is 209 Å². The van der Waals surface area contributed by atoms with Crippen molar-refractivity contribution in [2.24, 2.45) is 0 Å². The van der Waals surface area contributed by atoms with Gasteiger partial charge in [-0.05, 0) is 97.0 Å². The van der Waals surface area contributed by atoms with Gasteiger partial charge in [0.05, 0.1) is 5.56 Å². The molecule has 0 saturated heterocycles. The number of aromatic nitrogens is 3. The Labute approximate surface area is 355 Å². The molecule has 0 atom stereocenters. The van der Waals surface area contributed by atoms with Gasteiger partial charge in [0, 0.05) is 32.7 Å². The number of para-hydroxylation sites is 3. The summed E-state index contributed by atoms with van der Waals surface area (Å²) < 4.78 is 13.2. The molecule has 62 heavy (non-hydrogen) atoms. The number of hydrogen-bond acceptors (Lipinski definition) is 5. The highest BCUT2D eigenvalue weighted by atomic mass is 16.3. The number of hydrogen-bond donors (Lipinski definition) is 0. The molecule has 13 aromatic rings. The smallest absolute Gasteiger partial charge is 0.167 e. The zero-order valence-electron chi connectivity index (χ0n) is 33.2. The fourth-order valence-corrected chi connectivity index (χ4v) is 9.43. The predicted molar refractivity (Wildman–Crippen MR) is 254 cm³/mol.